The van der Waals surface area contributed by atoms with Gasteiger partial charge in [-0.3, -0.25) is 0 Å². The van der Waals surface area contributed by atoms with E-state index in [0.717, 1.165) is 56.4 Å². The molecule has 2 heterocycles. The van der Waals surface area contributed by atoms with Crippen LogP contribution in [-0.4, -0.2) is 24.8 Å². The zero-order valence-electron chi connectivity index (χ0n) is 15.2. The van der Waals surface area contributed by atoms with Crippen LogP contribution in [0.25, 0.3) is 9.40 Å². The number of aryl methyl sites for hydroxylation is 1. The Morgan fingerprint density at radius 2 is 1.84 bits per heavy atom. The molecule has 138 valence electrons. The highest BCUT2D eigenvalue weighted by atomic mass is 32.2. The number of hydrogen-bond acceptors (Lipinski definition) is 5. The molecule has 2 aromatic rings. The Morgan fingerprint density at radius 3 is 2.52 bits per heavy atom. The minimum atomic E-state index is -0.152. The zero-order valence-corrected chi connectivity index (χ0v) is 16.8. The van der Waals surface area contributed by atoms with Crippen molar-refractivity contribution in [2.24, 2.45) is 0 Å². The number of rotatable bonds is 8. The summed E-state index contributed by atoms with van der Waals surface area (Å²) in [7, 11) is 0. The fourth-order valence-corrected chi connectivity index (χ4v) is 5.76. The number of fused-ring (bicyclic) bond motifs is 1. The van der Waals surface area contributed by atoms with Crippen LogP contribution in [0.5, 0.6) is 0 Å². The molecule has 25 heavy (non-hydrogen) atoms. The third-order valence-electron chi connectivity index (χ3n) is 4.71. The van der Waals surface area contributed by atoms with Gasteiger partial charge < -0.3 is 9.47 Å². The maximum atomic E-state index is 12.4. The monoisotopic (exact) mass is 380 g/mol. The van der Waals surface area contributed by atoms with E-state index >= 15 is 0 Å². The van der Waals surface area contributed by atoms with E-state index in [1.807, 2.05) is 17.4 Å². The van der Waals surface area contributed by atoms with Crippen LogP contribution in [0.3, 0.4) is 0 Å². The SMILES string of the molecule is CCCCOC1CCC(OC(=O)c2cc3cc(CCC)sc3s2)CC1. The lowest BCUT2D eigenvalue weighted by Crippen LogP contribution is -2.28. The van der Waals surface area contributed by atoms with Crippen LogP contribution in [0.2, 0.25) is 0 Å². The van der Waals surface area contributed by atoms with Gasteiger partial charge in [0.2, 0.25) is 0 Å². The highest BCUT2D eigenvalue weighted by Gasteiger charge is 2.25. The molecule has 0 N–H and O–H groups in total. The predicted molar refractivity (Wildman–Crippen MR) is 106 cm³/mol. The maximum absolute atomic E-state index is 12.4. The zero-order chi connectivity index (χ0) is 17.6. The van der Waals surface area contributed by atoms with Gasteiger partial charge in [-0.2, -0.15) is 0 Å². The van der Waals surface area contributed by atoms with Crippen molar-refractivity contribution in [3.63, 3.8) is 0 Å². The minimum Gasteiger partial charge on any atom is -0.458 e. The topological polar surface area (TPSA) is 35.5 Å². The summed E-state index contributed by atoms with van der Waals surface area (Å²) in [5, 5.41) is 1.19. The van der Waals surface area contributed by atoms with Gasteiger partial charge in [-0.1, -0.05) is 26.7 Å². The Kier molecular flexibility index (Phi) is 6.91. The van der Waals surface area contributed by atoms with Crippen molar-refractivity contribution < 1.29 is 14.3 Å². The molecule has 1 saturated carbocycles. The van der Waals surface area contributed by atoms with E-state index in [-0.39, 0.29) is 12.1 Å². The summed E-state index contributed by atoms with van der Waals surface area (Å²) in [6, 6.07) is 4.22. The number of unbranched alkanes of at least 4 members (excludes halogenated alkanes) is 1. The van der Waals surface area contributed by atoms with Gasteiger partial charge in [0.15, 0.2) is 0 Å². The van der Waals surface area contributed by atoms with Gasteiger partial charge in [0.05, 0.1) is 10.1 Å². The summed E-state index contributed by atoms with van der Waals surface area (Å²) < 4.78 is 12.9. The summed E-state index contributed by atoms with van der Waals surface area (Å²) in [6.45, 7) is 5.23. The van der Waals surface area contributed by atoms with Crippen LogP contribution in [-0.2, 0) is 15.9 Å². The normalized spacial score (nSPS) is 20.9. The lowest BCUT2D eigenvalue weighted by molar-refractivity contribution is -0.0199. The highest BCUT2D eigenvalue weighted by Crippen LogP contribution is 2.35. The lowest BCUT2D eigenvalue weighted by atomic mass is 9.95. The van der Waals surface area contributed by atoms with Gasteiger partial charge in [0, 0.05) is 16.9 Å². The van der Waals surface area contributed by atoms with Crippen molar-refractivity contribution >= 4 is 38.0 Å². The number of carbonyl (C=O) groups is 1. The maximum Gasteiger partial charge on any atom is 0.348 e. The third-order valence-corrected chi connectivity index (χ3v) is 7.14. The van der Waals surface area contributed by atoms with Crippen molar-refractivity contribution in [2.75, 3.05) is 6.61 Å². The standard InChI is InChI=1S/C20H28O3S2/c1-3-5-11-22-15-7-9-16(10-8-15)23-19(21)18-13-14-12-17(6-4-2)24-20(14)25-18/h12-13,15-16H,3-11H2,1-2H3. The first-order chi connectivity index (χ1) is 12.2. The fraction of sp³-hybridized carbons (Fsp3) is 0.650. The van der Waals surface area contributed by atoms with Crippen molar-refractivity contribution in [1.82, 2.24) is 0 Å². The van der Waals surface area contributed by atoms with Crippen molar-refractivity contribution in [3.8, 4) is 0 Å². The van der Waals surface area contributed by atoms with E-state index in [1.54, 1.807) is 11.3 Å². The molecule has 1 fully saturated rings. The van der Waals surface area contributed by atoms with Gasteiger partial charge >= 0.3 is 5.97 Å². The average molecular weight is 381 g/mol. The summed E-state index contributed by atoms with van der Waals surface area (Å²) in [4.78, 5) is 14.6. The van der Waals surface area contributed by atoms with Crippen molar-refractivity contribution in [3.05, 3.63) is 21.9 Å². The molecule has 0 aromatic carbocycles. The molecular formula is C20H28O3S2. The first-order valence-electron chi connectivity index (χ1n) is 9.54. The molecule has 0 spiro atoms. The molecule has 0 amide bonds. The number of hydrogen-bond donors (Lipinski definition) is 0. The first kappa shape index (κ1) is 18.9. The minimum absolute atomic E-state index is 0.0503. The number of carbonyl (C=O) groups excluding carboxylic acids is 1. The van der Waals surface area contributed by atoms with Crippen LogP contribution in [0, 0.1) is 0 Å². The van der Waals surface area contributed by atoms with E-state index in [2.05, 4.69) is 19.9 Å². The Balaban J connectivity index is 1.48. The molecule has 0 saturated heterocycles. The molecule has 1 aliphatic carbocycles. The van der Waals surface area contributed by atoms with Crippen LogP contribution in [0.15, 0.2) is 12.1 Å². The summed E-state index contributed by atoms with van der Waals surface area (Å²) >= 11 is 3.38. The summed E-state index contributed by atoms with van der Waals surface area (Å²) in [5.41, 5.74) is 0. The molecule has 0 radical (unpaired) electrons. The molecule has 3 rings (SSSR count). The van der Waals surface area contributed by atoms with E-state index in [4.69, 9.17) is 9.47 Å². The molecular weight excluding hydrogens is 352 g/mol. The van der Waals surface area contributed by atoms with Crippen molar-refractivity contribution in [1.29, 1.82) is 0 Å². The van der Waals surface area contributed by atoms with Crippen LogP contribution >= 0.6 is 22.7 Å². The number of esters is 1. The van der Waals surface area contributed by atoms with E-state index < -0.39 is 0 Å². The van der Waals surface area contributed by atoms with Gasteiger partial charge in [0.1, 0.15) is 11.0 Å². The lowest BCUT2D eigenvalue weighted by Gasteiger charge is -2.28. The quantitative estimate of drug-likeness (QED) is 0.404. The van der Waals surface area contributed by atoms with Gasteiger partial charge in [-0.25, -0.2) is 4.79 Å². The third kappa shape index (κ3) is 5.05. The molecule has 5 heteroatoms. The fourth-order valence-electron chi connectivity index (χ4n) is 3.28. The van der Waals surface area contributed by atoms with E-state index in [9.17, 15) is 4.79 Å². The van der Waals surface area contributed by atoms with E-state index in [1.165, 1.54) is 20.7 Å². The molecule has 2 aromatic heterocycles. The van der Waals surface area contributed by atoms with Gasteiger partial charge in [-0.15, -0.1) is 22.7 Å². The van der Waals surface area contributed by atoms with Gasteiger partial charge in [0.25, 0.3) is 0 Å². The number of thiophene rings is 2. The Morgan fingerprint density at radius 1 is 1.08 bits per heavy atom. The smallest absolute Gasteiger partial charge is 0.348 e. The predicted octanol–water partition coefficient (Wildman–Crippen LogP) is 6.20. The van der Waals surface area contributed by atoms with Crippen LogP contribution < -0.4 is 0 Å². The molecule has 0 bridgehead atoms. The first-order valence-corrected chi connectivity index (χ1v) is 11.2. The van der Waals surface area contributed by atoms with Crippen LogP contribution in [0.1, 0.15) is 73.3 Å². The van der Waals surface area contributed by atoms with Crippen LogP contribution in [0.4, 0.5) is 0 Å². The Hall–Kier alpha value is -0.910. The molecule has 3 nitrogen and oxygen atoms in total. The average Bonchev–Trinajstić information content (AvgIpc) is 3.15. The molecule has 0 aliphatic heterocycles. The highest BCUT2D eigenvalue weighted by molar-refractivity contribution is 7.39. The summed E-state index contributed by atoms with van der Waals surface area (Å²) in [6.07, 6.45) is 8.83. The summed E-state index contributed by atoms with van der Waals surface area (Å²) in [5.74, 6) is -0.152. The molecule has 1 aliphatic rings. The second-order valence-electron chi connectivity index (χ2n) is 6.84. The van der Waals surface area contributed by atoms with E-state index in [0.29, 0.717) is 6.10 Å². The second kappa shape index (κ2) is 9.15. The van der Waals surface area contributed by atoms with Gasteiger partial charge in [-0.05, 0) is 50.7 Å². The number of ether oxygens (including phenoxy) is 2. The molecule has 0 unspecified atom stereocenters. The second-order valence-corrected chi connectivity index (χ2v) is 9.29. The Bertz CT molecular complexity index is 649. The Labute approximate surface area is 158 Å². The molecule has 0 atom stereocenters. The largest absolute Gasteiger partial charge is 0.458 e. The van der Waals surface area contributed by atoms with Crippen molar-refractivity contribution in [2.45, 2.75) is 77.4 Å².